The molecule has 0 radical (unpaired) electrons. The highest BCUT2D eigenvalue weighted by molar-refractivity contribution is 9.10. The summed E-state index contributed by atoms with van der Waals surface area (Å²) in [5.41, 5.74) is 2.01. The van der Waals surface area contributed by atoms with Crippen LogP contribution in [0.25, 0.3) is 0 Å². The van der Waals surface area contributed by atoms with E-state index in [-0.39, 0.29) is 0 Å². The fourth-order valence-corrected chi connectivity index (χ4v) is 3.99. The summed E-state index contributed by atoms with van der Waals surface area (Å²) in [4.78, 5) is 0.585. The second-order valence-electron chi connectivity index (χ2n) is 4.33. The molecule has 5 heteroatoms. The van der Waals surface area contributed by atoms with Crippen molar-refractivity contribution in [2.24, 2.45) is 0 Å². The van der Waals surface area contributed by atoms with Gasteiger partial charge in [0.05, 0.1) is 9.79 Å². The summed E-state index contributed by atoms with van der Waals surface area (Å²) in [7, 11) is -3.48. The lowest BCUT2D eigenvalue weighted by Crippen LogP contribution is -2.02. The summed E-state index contributed by atoms with van der Waals surface area (Å²) in [6.45, 7) is 3.84. The summed E-state index contributed by atoms with van der Waals surface area (Å²) in [5.74, 6) is 0. The van der Waals surface area contributed by atoms with Gasteiger partial charge < -0.3 is 0 Å². The molecule has 0 N–H and O–H groups in total. The number of benzene rings is 2. The molecular formula is C14H12Br2O2S. The summed E-state index contributed by atoms with van der Waals surface area (Å²) < 4.78 is 26.6. The van der Waals surface area contributed by atoms with Crippen molar-refractivity contribution in [2.75, 3.05) is 0 Å². The lowest BCUT2D eigenvalue weighted by atomic mass is 10.2. The Morgan fingerprint density at radius 2 is 1.16 bits per heavy atom. The Labute approximate surface area is 130 Å². The average Bonchev–Trinajstić information content (AvgIpc) is 2.35. The zero-order chi connectivity index (χ0) is 14.2. The van der Waals surface area contributed by atoms with Gasteiger partial charge in [-0.15, -0.1) is 0 Å². The van der Waals surface area contributed by atoms with Crippen molar-refractivity contribution in [3.05, 3.63) is 56.5 Å². The molecule has 0 aliphatic rings. The summed E-state index contributed by atoms with van der Waals surface area (Å²) in [5, 5.41) is 0. The standard InChI is InChI=1S/C14H12Br2O2S/c1-9-3-5-11(7-13(9)15)19(17,18)12-6-4-10(2)14(16)8-12/h3-8H,1-2H3. The minimum absolute atomic E-state index is 0.292. The first-order valence-corrected chi connectivity index (χ1v) is 8.66. The van der Waals surface area contributed by atoms with Gasteiger partial charge in [0.25, 0.3) is 0 Å². The number of hydrogen-bond donors (Lipinski definition) is 0. The van der Waals surface area contributed by atoms with E-state index in [4.69, 9.17) is 0 Å². The molecule has 0 aliphatic heterocycles. The summed E-state index contributed by atoms with van der Waals surface area (Å²) in [6.07, 6.45) is 0. The maximum absolute atomic E-state index is 12.5. The van der Waals surface area contributed by atoms with Gasteiger partial charge in [-0.25, -0.2) is 8.42 Å². The topological polar surface area (TPSA) is 34.1 Å². The molecule has 0 bridgehead atoms. The van der Waals surface area contributed by atoms with E-state index in [1.807, 2.05) is 13.8 Å². The number of halogens is 2. The minimum Gasteiger partial charge on any atom is -0.219 e. The molecule has 0 unspecified atom stereocenters. The molecule has 0 heterocycles. The monoisotopic (exact) mass is 402 g/mol. The number of sulfone groups is 1. The highest BCUT2D eigenvalue weighted by atomic mass is 79.9. The molecule has 0 aromatic heterocycles. The van der Waals surface area contributed by atoms with Gasteiger partial charge in [-0.3, -0.25) is 0 Å². The van der Waals surface area contributed by atoms with Gasteiger partial charge in [-0.2, -0.15) is 0 Å². The molecule has 0 amide bonds. The van der Waals surface area contributed by atoms with Crippen molar-refractivity contribution in [1.82, 2.24) is 0 Å². The predicted molar refractivity (Wildman–Crippen MR) is 83.2 cm³/mol. The van der Waals surface area contributed by atoms with E-state index in [0.717, 1.165) is 20.1 Å². The molecule has 0 saturated heterocycles. The third kappa shape index (κ3) is 2.93. The van der Waals surface area contributed by atoms with Crippen molar-refractivity contribution < 1.29 is 8.42 Å². The van der Waals surface area contributed by atoms with E-state index in [0.29, 0.717) is 9.79 Å². The summed E-state index contributed by atoms with van der Waals surface area (Å²) >= 11 is 6.73. The van der Waals surface area contributed by atoms with Gasteiger partial charge in [0, 0.05) is 8.95 Å². The lowest BCUT2D eigenvalue weighted by Gasteiger charge is -2.08. The zero-order valence-corrected chi connectivity index (χ0v) is 14.4. The van der Waals surface area contributed by atoms with Gasteiger partial charge in [-0.1, -0.05) is 44.0 Å². The third-order valence-electron chi connectivity index (χ3n) is 2.91. The Morgan fingerprint density at radius 3 is 1.47 bits per heavy atom. The lowest BCUT2D eigenvalue weighted by molar-refractivity contribution is 0.596. The Balaban J connectivity index is 2.58. The van der Waals surface area contributed by atoms with Crippen molar-refractivity contribution in [3.8, 4) is 0 Å². The van der Waals surface area contributed by atoms with Crippen LogP contribution in [-0.4, -0.2) is 8.42 Å². The molecule has 0 spiro atoms. The van der Waals surface area contributed by atoms with Crippen LogP contribution < -0.4 is 0 Å². The van der Waals surface area contributed by atoms with Crippen molar-refractivity contribution in [3.63, 3.8) is 0 Å². The highest BCUT2D eigenvalue weighted by Gasteiger charge is 2.19. The smallest absolute Gasteiger partial charge is 0.206 e. The minimum atomic E-state index is -3.48. The van der Waals surface area contributed by atoms with Crippen LogP contribution in [0.2, 0.25) is 0 Å². The fraction of sp³-hybridized carbons (Fsp3) is 0.143. The first-order valence-electron chi connectivity index (χ1n) is 5.60. The second-order valence-corrected chi connectivity index (χ2v) is 7.98. The number of rotatable bonds is 2. The maximum Gasteiger partial charge on any atom is 0.206 e. The van der Waals surface area contributed by atoms with E-state index in [9.17, 15) is 8.42 Å². The average molecular weight is 404 g/mol. The Bertz CT molecular complexity index is 680. The molecule has 2 rings (SSSR count). The largest absolute Gasteiger partial charge is 0.219 e. The predicted octanol–water partition coefficient (Wildman–Crippen LogP) is 4.66. The molecule has 100 valence electrons. The van der Waals surface area contributed by atoms with Gasteiger partial charge in [-0.05, 0) is 49.2 Å². The normalized spacial score (nSPS) is 11.6. The van der Waals surface area contributed by atoms with Crippen LogP contribution in [0.4, 0.5) is 0 Å². The maximum atomic E-state index is 12.5. The molecule has 0 saturated carbocycles. The zero-order valence-electron chi connectivity index (χ0n) is 10.4. The van der Waals surface area contributed by atoms with Gasteiger partial charge >= 0.3 is 0 Å². The SMILES string of the molecule is Cc1ccc(S(=O)(=O)c2ccc(C)c(Br)c2)cc1Br. The van der Waals surface area contributed by atoms with E-state index in [1.165, 1.54) is 0 Å². The molecule has 2 aromatic carbocycles. The van der Waals surface area contributed by atoms with Crippen molar-refractivity contribution in [1.29, 1.82) is 0 Å². The van der Waals surface area contributed by atoms with Gasteiger partial charge in [0.2, 0.25) is 9.84 Å². The fourth-order valence-electron chi connectivity index (χ4n) is 1.62. The third-order valence-corrected chi connectivity index (χ3v) is 6.36. The Morgan fingerprint density at radius 1 is 0.789 bits per heavy atom. The van der Waals surface area contributed by atoms with E-state index in [2.05, 4.69) is 31.9 Å². The van der Waals surface area contributed by atoms with Crippen molar-refractivity contribution in [2.45, 2.75) is 23.6 Å². The Kier molecular flexibility index (Phi) is 4.18. The van der Waals surface area contributed by atoms with Crippen LogP contribution in [0.3, 0.4) is 0 Å². The molecule has 2 nitrogen and oxygen atoms in total. The number of aryl methyl sites for hydroxylation is 2. The van der Waals surface area contributed by atoms with Crippen LogP contribution in [0.1, 0.15) is 11.1 Å². The molecule has 0 aliphatic carbocycles. The van der Waals surface area contributed by atoms with Crippen LogP contribution in [0, 0.1) is 13.8 Å². The second kappa shape index (κ2) is 5.38. The first kappa shape index (κ1) is 14.8. The Hall–Kier alpha value is -0.650. The van der Waals surface area contributed by atoms with E-state index in [1.54, 1.807) is 36.4 Å². The van der Waals surface area contributed by atoms with Crippen LogP contribution in [0.15, 0.2) is 55.1 Å². The van der Waals surface area contributed by atoms with E-state index < -0.39 is 9.84 Å². The van der Waals surface area contributed by atoms with Crippen molar-refractivity contribution >= 4 is 41.7 Å². The molecular weight excluding hydrogens is 392 g/mol. The molecule has 0 atom stereocenters. The highest BCUT2D eigenvalue weighted by Crippen LogP contribution is 2.28. The molecule has 2 aromatic rings. The molecule has 19 heavy (non-hydrogen) atoms. The van der Waals surface area contributed by atoms with Crippen LogP contribution >= 0.6 is 31.9 Å². The van der Waals surface area contributed by atoms with E-state index >= 15 is 0 Å². The van der Waals surface area contributed by atoms with Gasteiger partial charge in [0.15, 0.2) is 0 Å². The van der Waals surface area contributed by atoms with Gasteiger partial charge in [0.1, 0.15) is 0 Å². The van der Waals surface area contributed by atoms with Crippen LogP contribution in [0.5, 0.6) is 0 Å². The molecule has 0 fully saturated rings. The quantitative estimate of drug-likeness (QED) is 0.730. The van der Waals surface area contributed by atoms with Crippen LogP contribution in [-0.2, 0) is 9.84 Å². The number of hydrogen-bond acceptors (Lipinski definition) is 2. The first-order chi connectivity index (χ1) is 8.82. The summed E-state index contributed by atoms with van der Waals surface area (Å²) in [6, 6.07) is 10.1.